The summed E-state index contributed by atoms with van der Waals surface area (Å²) in [5.74, 6) is 0.802. The number of aromatic nitrogens is 2. The van der Waals surface area contributed by atoms with Crippen LogP contribution in [0.3, 0.4) is 0 Å². The first kappa shape index (κ1) is 16.5. The smallest absolute Gasteiger partial charge is 0.252 e. The number of amides is 1. The largest absolute Gasteiger partial charge is 0.494 e. The summed E-state index contributed by atoms with van der Waals surface area (Å²) in [6.07, 6.45) is 5.03. The average Bonchev–Trinajstić information content (AvgIpc) is 3.13. The van der Waals surface area contributed by atoms with Gasteiger partial charge >= 0.3 is 0 Å². The number of anilines is 1. The van der Waals surface area contributed by atoms with E-state index in [9.17, 15) is 4.79 Å². The Bertz CT molecular complexity index is 691. The van der Waals surface area contributed by atoms with Gasteiger partial charge in [-0.3, -0.25) is 9.48 Å². The molecular formula is C18H24N4O2. The molecule has 0 atom stereocenters. The molecule has 1 aliphatic heterocycles. The molecular weight excluding hydrogens is 304 g/mol. The van der Waals surface area contributed by atoms with Crippen LogP contribution in [0.25, 0.3) is 0 Å². The van der Waals surface area contributed by atoms with E-state index in [2.05, 4.69) is 15.7 Å². The minimum Gasteiger partial charge on any atom is -0.494 e. The Kier molecular flexibility index (Phi) is 4.85. The van der Waals surface area contributed by atoms with Crippen molar-refractivity contribution in [3.8, 4) is 5.75 Å². The Morgan fingerprint density at radius 1 is 1.42 bits per heavy atom. The third-order valence-corrected chi connectivity index (χ3v) is 4.55. The molecule has 2 aromatic rings. The van der Waals surface area contributed by atoms with Crippen molar-refractivity contribution >= 4 is 11.6 Å². The summed E-state index contributed by atoms with van der Waals surface area (Å²) < 4.78 is 7.31. The number of rotatable bonds is 5. The molecule has 6 heteroatoms. The summed E-state index contributed by atoms with van der Waals surface area (Å²) in [4.78, 5) is 13.1. The van der Waals surface area contributed by atoms with Crippen molar-refractivity contribution in [1.29, 1.82) is 0 Å². The average molecular weight is 328 g/mol. The number of benzene rings is 1. The summed E-state index contributed by atoms with van der Waals surface area (Å²) in [6.45, 7) is 6.16. The van der Waals surface area contributed by atoms with E-state index in [1.165, 1.54) is 0 Å². The van der Waals surface area contributed by atoms with E-state index in [1.54, 1.807) is 10.9 Å². The molecule has 24 heavy (non-hydrogen) atoms. The van der Waals surface area contributed by atoms with Gasteiger partial charge in [0.1, 0.15) is 11.3 Å². The highest BCUT2D eigenvalue weighted by atomic mass is 16.5. The van der Waals surface area contributed by atoms with Gasteiger partial charge in [-0.05, 0) is 69.6 Å². The number of aryl methyl sites for hydroxylation is 1. The minimum absolute atomic E-state index is 0.0139. The van der Waals surface area contributed by atoms with Crippen LogP contribution in [0.5, 0.6) is 5.75 Å². The zero-order valence-corrected chi connectivity index (χ0v) is 14.2. The Morgan fingerprint density at radius 2 is 2.21 bits per heavy atom. The van der Waals surface area contributed by atoms with Crippen LogP contribution < -0.4 is 15.4 Å². The molecule has 6 nitrogen and oxygen atoms in total. The minimum atomic E-state index is -0.639. The van der Waals surface area contributed by atoms with Crippen LogP contribution in [0.1, 0.15) is 25.3 Å². The number of hydrogen-bond acceptors (Lipinski definition) is 4. The number of nitrogens with zero attached hydrogens (tertiary/aromatic N) is 2. The number of ether oxygens (including phenoxy) is 1. The van der Waals surface area contributed by atoms with Crippen molar-refractivity contribution in [3.05, 3.63) is 42.2 Å². The van der Waals surface area contributed by atoms with Gasteiger partial charge in [-0.25, -0.2) is 0 Å². The fourth-order valence-electron chi connectivity index (χ4n) is 3.19. The topological polar surface area (TPSA) is 68.2 Å². The van der Waals surface area contributed by atoms with E-state index < -0.39 is 5.54 Å². The van der Waals surface area contributed by atoms with Crippen LogP contribution in [0, 0.1) is 6.92 Å². The molecule has 1 aromatic carbocycles. The first-order valence-electron chi connectivity index (χ1n) is 8.41. The quantitative estimate of drug-likeness (QED) is 0.884. The van der Waals surface area contributed by atoms with Crippen LogP contribution in [-0.4, -0.2) is 35.4 Å². The lowest BCUT2D eigenvalue weighted by atomic mass is 9.87. The number of nitrogens with one attached hydrogen (secondary N) is 2. The van der Waals surface area contributed by atoms with Crippen molar-refractivity contribution in [2.45, 2.75) is 32.2 Å². The second kappa shape index (κ2) is 7.05. The Labute approximate surface area is 142 Å². The second-order valence-electron chi connectivity index (χ2n) is 6.10. The zero-order chi connectivity index (χ0) is 17.0. The predicted octanol–water partition coefficient (Wildman–Crippen LogP) is 2.31. The molecule has 2 N–H and O–H groups in total. The van der Waals surface area contributed by atoms with Crippen LogP contribution in [0.15, 0.2) is 36.7 Å². The van der Waals surface area contributed by atoms with Crippen molar-refractivity contribution < 1.29 is 9.53 Å². The molecule has 1 amide bonds. The van der Waals surface area contributed by atoms with Gasteiger partial charge < -0.3 is 15.4 Å². The van der Waals surface area contributed by atoms with E-state index in [-0.39, 0.29) is 5.91 Å². The van der Waals surface area contributed by atoms with Crippen LogP contribution in [0.2, 0.25) is 0 Å². The number of carbonyl (C=O) groups is 1. The predicted molar refractivity (Wildman–Crippen MR) is 93.3 cm³/mol. The fraction of sp³-hybridized carbons (Fsp3) is 0.444. The molecule has 1 fully saturated rings. The highest BCUT2D eigenvalue weighted by Gasteiger charge is 2.42. The van der Waals surface area contributed by atoms with Crippen molar-refractivity contribution in [3.63, 3.8) is 0 Å². The maximum atomic E-state index is 13.1. The molecule has 0 spiro atoms. The maximum absolute atomic E-state index is 13.1. The highest BCUT2D eigenvalue weighted by Crippen LogP contribution is 2.30. The molecule has 0 saturated carbocycles. The third kappa shape index (κ3) is 3.14. The lowest BCUT2D eigenvalue weighted by Gasteiger charge is -2.36. The molecule has 1 saturated heterocycles. The van der Waals surface area contributed by atoms with Gasteiger partial charge in [-0.15, -0.1) is 0 Å². The molecule has 0 radical (unpaired) electrons. The van der Waals surface area contributed by atoms with E-state index in [0.29, 0.717) is 6.61 Å². The molecule has 1 aromatic heterocycles. The van der Waals surface area contributed by atoms with Crippen molar-refractivity contribution in [1.82, 2.24) is 15.1 Å². The number of piperidine rings is 1. The first-order valence-corrected chi connectivity index (χ1v) is 8.41. The summed E-state index contributed by atoms with van der Waals surface area (Å²) in [7, 11) is 0. The van der Waals surface area contributed by atoms with Gasteiger partial charge in [0.2, 0.25) is 0 Å². The van der Waals surface area contributed by atoms with Gasteiger partial charge in [0.25, 0.3) is 5.91 Å². The lowest BCUT2D eigenvalue weighted by Crippen LogP contribution is -2.52. The highest BCUT2D eigenvalue weighted by molar-refractivity contribution is 5.97. The van der Waals surface area contributed by atoms with Crippen LogP contribution in [0.4, 0.5) is 5.69 Å². The van der Waals surface area contributed by atoms with Gasteiger partial charge in [0.05, 0.1) is 6.61 Å². The van der Waals surface area contributed by atoms with E-state index in [0.717, 1.165) is 42.9 Å². The van der Waals surface area contributed by atoms with Gasteiger partial charge in [0, 0.05) is 18.1 Å². The maximum Gasteiger partial charge on any atom is 0.252 e. The molecule has 0 bridgehead atoms. The normalized spacial score (nSPS) is 16.6. The first-order chi connectivity index (χ1) is 11.7. The van der Waals surface area contributed by atoms with E-state index in [1.807, 2.05) is 44.3 Å². The third-order valence-electron chi connectivity index (χ3n) is 4.55. The Morgan fingerprint density at radius 3 is 2.83 bits per heavy atom. The second-order valence-corrected chi connectivity index (χ2v) is 6.10. The van der Waals surface area contributed by atoms with E-state index in [4.69, 9.17) is 4.74 Å². The Hall–Kier alpha value is -2.34. The van der Waals surface area contributed by atoms with E-state index >= 15 is 0 Å². The SMILES string of the molecule is CCOc1ccc(NC(=O)C2(n3cccn3)CCNCC2)c(C)c1. The van der Waals surface area contributed by atoms with Crippen molar-refractivity contribution in [2.75, 3.05) is 25.0 Å². The summed E-state index contributed by atoms with van der Waals surface area (Å²) in [5.41, 5.74) is 1.16. The summed E-state index contributed by atoms with van der Waals surface area (Å²) >= 11 is 0. The summed E-state index contributed by atoms with van der Waals surface area (Å²) in [5, 5.41) is 10.8. The molecule has 1 aliphatic rings. The monoisotopic (exact) mass is 328 g/mol. The molecule has 0 unspecified atom stereocenters. The van der Waals surface area contributed by atoms with Gasteiger partial charge in [0.15, 0.2) is 0 Å². The van der Waals surface area contributed by atoms with Crippen molar-refractivity contribution in [2.24, 2.45) is 0 Å². The standard InChI is InChI=1S/C18H24N4O2/c1-3-24-15-5-6-16(14(2)13-15)21-17(23)18(7-10-19-11-8-18)22-12-4-9-20-22/h4-6,9,12-13,19H,3,7-8,10-11H2,1-2H3,(H,21,23). The molecule has 2 heterocycles. The summed E-state index contributed by atoms with van der Waals surface area (Å²) in [6, 6.07) is 7.59. The molecule has 0 aliphatic carbocycles. The Balaban J connectivity index is 1.84. The van der Waals surface area contributed by atoms with Crippen LogP contribution >= 0.6 is 0 Å². The molecule has 128 valence electrons. The lowest BCUT2D eigenvalue weighted by molar-refractivity contribution is -0.126. The van der Waals surface area contributed by atoms with Gasteiger partial charge in [-0.2, -0.15) is 5.10 Å². The fourth-order valence-corrected chi connectivity index (χ4v) is 3.19. The zero-order valence-electron chi connectivity index (χ0n) is 14.2. The van der Waals surface area contributed by atoms with Gasteiger partial charge in [-0.1, -0.05) is 0 Å². The molecule has 3 rings (SSSR count). The number of hydrogen-bond donors (Lipinski definition) is 2. The van der Waals surface area contributed by atoms with Crippen LogP contribution in [-0.2, 0) is 10.3 Å². The number of carbonyl (C=O) groups excluding carboxylic acids is 1.